The monoisotopic (exact) mass is 357 g/mol. The molecular formula is C18H22Cl2FNO. The fourth-order valence-electron chi connectivity index (χ4n) is 2.12. The Morgan fingerprint density at radius 1 is 1.13 bits per heavy atom. The molecule has 0 saturated carbocycles. The van der Waals surface area contributed by atoms with Gasteiger partial charge in [-0.3, -0.25) is 0 Å². The highest BCUT2D eigenvalue weighted by molar-refractivity contribution is 6.30. The van der Waals surface area contributed by atoms with Crippen LogP contribution in [0.1, 0.15) is 30.9 Å². The van der Waals surface area contributed by atoms with Crippen molar-refractivity contribution >= 4 is 24.0 Å². The summed E-state index contributed by atoms with van der Waals surface area (Å²) in [5.74, 6) is 0.482. The van der Waals surface area contributed by atoms with Gasteiger partial charge in [-0.2, -0.15) is 0 Å². The minimum absolute atomic E-state index is 0. The Kier molecular flexibility index (Phi) is 9.00. The standard InChI is InChI=1S/C18H21ClFNO.ClH/c1-2-3-10-21-12-15-11-16(19)8-9-18(15)22-13-14-6-4-5-7-17(14)20;/h4-9,11,21H,2-3,10,12-13H2,1H3;1H. The predicted octanol–water partition coefficient (Wildman–Crippen LogP) is 5.37. The van der Waals surface area contributed by atoms with Crippen LogP contribution in [0.5, 0.6) is 5.75 Å². The fraction of sp³-hybridized carbons (Fsp3) is 0.333. The third-order valence-corrected chi connectivity index (χ3v) is 3.62. The van der Waals surface area contributed by atoms with Crippen LogP contribution in [-0.4, -0.2) is 6.54 Å². The lowest BCUT2D eigenvalue weighted by Crippen LogP contribution is -2.15. The van der Waals surface area contributed by atoms with Crippen molar-refractivity contribution in [1.82, 2.24) is 5.32 Å². The lowest BCUT2D eigenvalue weighted by Gasteiger charge is -2.13. The Morgan fingerprint density at radius 3 is 2.65 bits per heavy atom. The quantitative estimate of drug-likeness (QED) is 0.641. The lowest BCUT2D eigenvalue weighted by molar-refractivity contribution is 0.296. The van der Waals surface area contributed by atoms with E-state index >= 15 is 0 Å². The van der Waals surface area contributed by atoms with Gasteiger partial charge in [-0.1, -0.05) is 43.1 Å². The largest absolute Gasteiger partial charge is 0.488 e. The van der Waals surface area contributed by atoms with E-state index in [1.54, 1.807) is 24.3 Å². The molecule has 1 N–H and O–H groups in total. The molecule has 0 unspecified atom stereocenters. The molecule has 0 atom stereocenters. The summed E-state index contributed by atoms with van der Waals surface area (Å²) < 4.78 is 19.4. The third-order valence-electron chi connectivity index (χ3n) is 3.39. The third kappa shape index (κ3) is 6.38. The molecule has 0 aliphatic heterocycles. The van der Waals surface area contributed by atoms with Crippen molar-refractivity contribution < 1.29 is 9.13 Å². The number of hydrogen-bond acceptors (Lipinski definition) is 2. The number of ether oxygens (including phenoxy) is 1. The Labute approximate surface area is 148 Å². The molecule has 0 aliphatic carbocycles. The highest BCUT2D eigenvalue weighted by Crippen LogP contribution is 2.24. The molecule has 0 aromatic heterocycles. The van der Waals surface area contributed by atoms with Gasteiger partial charge in [-0.05, 0) is 37.2 Å². The van der Waals surface area contributed by atoms with E-state index in [1.165, 1.54) is 6.07 Å². The molecule has 2 aromatic rings. The van der Waals surface area contributed by atoms with Crippen molar-refractivity contribution in [2.75, 3.05) is 6.54 Å². The summed E-state index contributed by atoms with van der Waals surface area (Å²) in [5.41, 5.74) is 1.53. The minimum Gasteiger partial charge on any atom is -0.488 e. The van der Waals surface area contributed by atoms with Crippen LogP contribution in [0.15, 0.2) is 42.5 Å². The molecule has 0 saturated heterocycles. The van der Waals surface area contributed by atoms with E-state index < -0.39 is 0 Å². The maximum Gasteiger partial charge on any atom is 0.129 e. The molecule has 5 heteroatoms. The smallest absolute Gasteiger partial charge is 0.129 e. The highest BCUT2D eigenvalue weighted by Gasteiger charge is 2.07. The molecule has 2 rings (SSSR count). The molecule has 2 aromatic carbocycles. The first-order chi connectivity index (χ1) is 10.7. The van der Waals surface area contributed by atoms with Crippen molar-refractivity contribution in [3.63, 3.8) is 0 Å². The average molecular weight is 358 g/mol. The Balaban J connectivity index is 0.00000264. The molecule has 2 nitrogen and oxygen atoms in total. The molecule has 0 amide bonds. The molecule has 0 heterocycles. The van der Waals surface area contributed by atoms with E-state index in [0.717, 1.165) is 30.7 Å². The first-order valence-corrected chi connectivity index (χ1v) is 7.94. The maximum absolute atomic E-state index is 13.6. The zero-order chi connectivity index (χ0) is 15.8. The van der Waals surface area contributed by atoms with E-state index in [0.29, 0.717) is 17.1 Å². The van der Waals surface area contributed by atoms with Crippen LogP contribution in [0.25, 0.3) is 0 Å². The number of rotatable bonds is 8. The van der Waals surface area contributed by atoms with E-state index in [4.69, 9.17) is 16.3 Å². The van der Waals surface area contributed by atoms with Gasteiger partial charge in [0.15, 0.2) is 0 Å². The first kappa shape index (κ1) is 19.8. The van der Waals surface area contributed by atoms with Crippen LogP contribution in [0, 0.1) is 5.82 Å². The second-order valence-corrected chi connectivity index (χ2v) is 5.60. The number of benzene rings is 2. The van der Waals surface area contributed by atoms with Crippen LogP contribution in [0.4, 0.5) is 4.39 Å². The van der Waals surface area contributed by atoms with Crippen molar-refractivity contribution in [1.29, 1.82) is 0 Å². The van der Waals surface area contributed by atoms with Gasteiger partial charge in [-0.25, -0.2) is 4.39 Å². The van der Waals surface area contributed by atoms with Crippen LogP contribution in [-0.2, 0) is 13.2 Å². The SMILES string of the molecule is CCCCNCc1cc(Cl)ccc1OCc1ccccc1F.Cl. The van der Waals surface area contributed by atoms with Crippen LogP contribution in [0.2, 0.25) is 5.02 Å². The predicted molar refractivity (Wildman–Crippen MR) is 96.0 cm³/mol. The van der Waals surface area contributed by atoms with Crippen molar-refractivity contribution in [2.24, 2.45) is 0 Å². The molecule has 0 aliphatic rings. The fourth-order valence-corrected chi connectivity index (χ4v) is 2.32. The zero-order valence-corrected chi connectivity index (χ0v) is 14.7. The van der Waals surface area contributed by atoms with Gasteiger partial charge in [0.05, 0.1) is 0 Å². The highest BCUT2D eigenvalue weighted by atomic mass is 35.5. The Morgan fingerprint density at radius 2 is 1.91 bits per heavy atom. The van der Waals surface area contributed by atoms with E-state index in [9.17, 15) is 4.39 Å². The molecular weight excluding hydrogens is 336 g/mol. The number of hydrogen-bond donors (Lipinski definition) is 1. The summed E-state index contributed by atoms with van der Waals surface area (Å²) in [6.45, 7) is 4.00. The van der Waals surface area contributed by atoms with Gasteiger partial charge in [0.1, 0.15) is 18.2 Å². The van der Waals surface area contributed by atoms with E-state index in [-0.39, 0.29) is 24.8 Å². The molecule has 0 fully saturated rings. The van der Waals surface area contributed by atoms with Crippen LogP contribution in [0.3, 0.4) is 0 Å². The summed E-state index contributed by atoms with van der Waals surface area (Å²) in [5, 5.41) is 4.04. The second kappa shape index (κ2) is 10.5. The Bertz CT molecular complexity index is 607. The maximum atomic E-state index is 13.6. The Hall–Kier alpha value is -1.29. The van der Waals surface area contributed by atoms with Gasteiger partial charge >= 0.3 is 0 Å². The molecule has 126 valence electrons. The van der Waals surface area contributed by atoms with E-state index in [1.807, 2.05) is 12.1 Å². The second-order valence-electron chi connectivity index (χ2n) is 5.16. The van der Waals surface area contributed by atoms with Gasteiger partial charge < -0.3 is 10.1 Å². The first-order valence-electron chi connectivity index (χ1n) is 7.56. The van der Waals surface area contributed by atoms with Gasteiger partial charge in [0.25, 0.3) is 0 Å². The van der Waals surface area contributed by atoms with Crippen molar-refractivity contribution in [3.05, 3.63) is 64.4 Å². The summed E-state index contributed by atoms with van der Waals surface area (Å²) in [4.78, 5) is 0. The summed E-state index contributed by atoms with van der Waals surface area (Å²) in [6, 6.07) is 12.1. The lowest BCUT2D eigenvalue weighted by atomic mass is 10.2. The van der Waals surface area contributed by atoms with Gasteiger partial charge in [-0.15, -0.1) is 12.4 Å². The molecule has 23 heavy (non-hydrogen) atoms. The molecule has 0 spiro atoms. The van der Waals surface area contributed by atoms with E-state index in [2.05, 4.69) is 12.2 Å². The zero-order valence-electron chi connectivity index (χ0n) is 13.1. The topological polar surface area (TPSA) is 21.3 Å². The summed E-state index contributed by atoms with van der Waals surface area (Å²) in [7, 11) is 0. The number of halogens is 3. The normalized spacial score (nSPS) is 10.2. The van der Waals surface area contributed by atoms with Crippen LogP contribution < -0.4 is 10.1 Å². The van der Waals surface area contributed by atoms with Crippen molar-refractivity contribution in [2.45, 2.75) is 32.9 Å². The summed E-state index contributed by atoms with van der Waals surface area (Å²) >= 11 is 6.06. The van der Waals surface area contributed by atoms with Crippen LogP contribution >= 0.6 is 24.0 Å². The molecule has 0 radical (unpaired) electrons. The number of nitrogens with one attached hydrogen (secondary N) is 1. The summed E-state index contributed by atoms with van der Waals surface area (Å²) in [6.07, 6.45) is 2.28. The van der Waals surface area contributed by atoms with Gasteiger partial charge in [0.2, 0.25) is 0 Å². The van der Waals surface area contributed by atoms with Gasteiger partial charge in [0, 0.05) is 22.7 Å². The minimum atomic E-state index is -0.251. The van der Waals surface area contributed by atoms with Crippen molar-refractivity contribution in [3.8, 4) is 5.75 Å². The average Bonchev–Trinajstić information content (AvgIpc) is 2.52. The molecule has 0 bridgehead atoms. The number of unbranched alkanes of at least 4 members (excludes halogenated alkanes) is 1.